The second-order valence-corrected chi connectivity index (χ2v) is 5.45. The van der Waals surface area contributed by atoms with Crippen molar-refractivity contribution in [1.82, 2.24) is 4.90 Å². The number of benzene rings is 1. The number of nitrogens with zero attached hydrogens (tertiary/aromatic N) is 1. The van der Waals surface area contributed by atoms with Gasteiger partial charge in [-0.05, 0) is 54.6 Å². The van der Waals surface area contributed by atoms with Gasteiger partial charge in [0, 0.05) is 23.3 Å². The monoisotopic (exact) mass is 406 g/mol. The molecule has 0 heterocycles. The number of carbonyl (C=O) groups is 2. The van der Waals surface area contributed by atoms with Gasteiger partial charge >= 0.3 is 12.0 Å². The van der Waals surface area contributed by atoms with E-state index in [1.807, 2.05) is 36.4 Å². The molecule has 0 aliphatic carbocycles. The van der Waals surface area contributed by atoms with Gasteiger partial charge in [0.15, 0.2) is 0 Å². The predicted molar refractivity (Wildman–Crippen MR) is 88.9 cm³/mol. The van der Waals surface area contributed by atoms with E-state index in [-0.39, 0.29) is 11.6 Å². The zero-order valence-electron chi connectivity index (χ0n) is 12.1. The molecule has 21 heavy (non-hydrogen) atoms. The van der Waals surface area contributed by atoms with Crippen molar-refractivity contribution in [1.29, 1.82) is 0 Å². The molecule has 0 aromatic heterocycles. The van der Waals surface area contributed by atoms with Crippen LogP contribution in [0.2, 0.25) is 0 Å². The highest BCUT2D eigenvalue weighted by Gasteiger charge is 2.16. The summed E-state index contributed by atoms with van der Waals surface area (Å²) in [5, 5.41) is 11.8. The fraction of sp³-hybridized carbons (Fsp3) is 0.429. The van der Waals surface area contributed by atoms with E-state index in [1.165, 1.54) is 6.07 Å². The Balaban J connectivity index is 2.79. The minimum atomic E-state index is -1.07. The molecule has 0 aliphatic heterocycles. The van der Waals surface area contributed by atoms with E-state index < -0.39 is 5.97 Å². The number of aromatic carboxylic acids is 1. The molecule has 0 radical (unpaired) electrons. The lowest BCUT2D eigenvalue weighted by molar-refractivity contribution is 0.0698. The third kappa shape index (κ3) is 5.50. The van der Waals surface area contributed by atoms with Gasteiger partial charge in [-0.3, -0.25) is 0 Å². The predicted octanol–water partition coefficient (Wildman–Crippen LogP) is 2.88. The van der Waals surface area contributed by atoms with Crippen LogP contribution in [0, 0.1) is 3.57 Å². The van der Waals surface area contributed by atoms with Gasteiger partial charge in [-0.15, -0.1) is 0 Å². The molecule has 1 rings (SSSR count). The lowest BCUT2D eigenvalue weighted by Gasteiger charge is -2.21. The number of likely N-dealkylation sites (N-methyl/N-ethyl adjacent to an activating group) is 1. The van der Waals surface area contributed by atoms with Crippen molar-refractivity contribution in [3.8, 4) is 0 Å². The summed E-state index contributed by atoms with van der Waals surface area (Å²) in [6.07, 6.45) is 0. The number of amides is 2. The zero-order valence-corrected chi connectivity index (χ0v) is 14.2. The quantitative estimate of drug-likeness (QED) is 0.539. The normalized spacial score (nSPS) is 10.2. The lowest BCUT2D eigenvalue weighted by atomic mass is 10.2. The van der Waals surface area contributed by atoms with Gasteiger partial charge in [0.2, 0.25) is 0 Å². The van der Waals surface area contributed by atoms with Crippen molar-refractivity contribution < 1.29 is 19.4 Å². The molecule has 1 aromatic carbocycles. The topological polar surface area (TPSA) is 78.9 Å². The Bertz CT molecular complexity index is 508. The highest BCUT2D eigenvalue weighted by molar-refractivity contribution is 14.1. The highest BCUT2D eigenvalue weighted by Crippen LogP contribution is 2.19. The van der Waals surface area contributed by atoms with E-state index in [0.29, 0.717) is 32.0 Å². The van der Waals surface area contributed by atoms with Crippen LogP contribution in [0.15, 0.2) is 18.2 Å². The van der Waals surface area contributed by atoms with E-state index in [4.69, 9.17) is 4.74 Å². The maximum Gasteiger partial charge on any atom is 0.337 e. The summed E-state index contributed by atoms with van der Waals surface area (Å²) in [6.45, 7) is 5.78. The summed E-state index contributed by atoms with van der Waals surface area (Å²) in [6, 6.07) is 4.54. The molecule has 0 spiro atoms. The van der Waals surface area contributed by atoms with Crippen LogP contribution in [-0.4, -0.2) is 48.3 Å². The first-order chi connectivity index (χ1) is 9.99. The Morgan fingerprint density at radius 3 is 2.67 bits per heavy atom. The molecular formula is C14H19IN2O4. The second-order valence-electron chi connectivity index (χ2n) is 4.20. The summed E-state index contributed by atoms with van der Waals surface area (Å²) in [4.78, 5) is 24.9. The SMILES string of the molecule is CCOCCN(CC)C(=O)Nc1ccc(I)cc1C(=O)O. The van der Waals surface area contributed by atoms with E-state index >= 15 is 0 Å². The summed E-state index contributed by atoms with van der Waals surface area (Å²) in [7, 11) is 0. The molecule has 0 unspecified atom stereocenters. The van der Waals surface area contributed by atoms with Crippen molar-refractivity contribution in [2.45, 2.75) is 13.8 Å². The second kappa shape index (κ2) is 8.83. The summed E-state index contributed by atoms with van der Waals surface area (Å²) in [5.74, 6) is -1.07. The van der Waals surface area contributed by atoms with Crippen molar-refractivity contribution in [2.75, 3.05) is 31.6 Å². The Morgan fingerprint density at radius 2 is 2.10 bits per heavy atom. The average Bonchev–Trinajstić information content (AvgIpc) is 2.45. The molecule has 2 N–H and O–H groups in total. The lowest BCUT2D eigenvalue weighted by Crippen LogP contribution is -2.37. The molecule has 116 valence electrons. The van der Waals surface area contributed by atoms with Crippen molar-refractivity contribution in [3.05, 3.63) is 27.3 Å². The van der Waals surface area contributed by atoms with Gasteiger partial charge in [-0.2, -0.15) is 0 Å². The molecule has 1 aromatic rings. The summed E-state index contributed by atoms with van der Waals surface area (Å²) >= 11 is 2.03. The average molecular weight is 406 g/mol. The number of carboxylic acid groups (broad SMARTS) is 1. The standard InChI is InChI=1S/C14H19IN2O4/c1-3-17(7-8-21-4-2)14(20)16-12-6-5-10(15)9-11(12)13(18)19/h5-6,9H,3-4,7-8H2,1-2H3,(H,16,20)(H,18,19). The number of rotatable bonds is 7. The maximum absolute atomic E-state index is 12.2. The molecule has 0 atom stereocenters. The minimum absolute atomic E-state index is 0.0797. The first-order valence-corrected chi connectivity index (χ1v) is 7.74. The summed E-state index contributed by atoms with van der Waals surface area (Å²) < 4.78 is 6.02. The Labute approximate surface area is 137 Å². The number of hydrogen-bond acceptors (Lipinski definition) is 3. The van der Waals surface area contributed by atoms with Crippen LogP contribution >= 0.6 is 22.6 Å². The van der Waals surface area contributed by atoms with E-state index in [0.717, 1.165) is 3.57 Å². The number of urea groups is 1. The highest BCUT2D eigenvalue weighted by atomic mass is 127. The molecule has 0 fully saturated rings. The van der Waals surface area contributed by atoms with Crippen LogP contribution < -0.4 is 5.32 Å². The fourth-order valence-electron chi connectivity index (χ4n) is 1.72. The molecule has 7 heteroatoms. The van der Waals surface area contributed by atoms with Gasteiger partial charge in [0.25, 0.3) is 0 Å². The minimum Gasteiger partial charge on any atom is -0.478 e. The Hall–Kier alpha value is -1.35. The van der Waals surface area contributed by atoms with Crippen molar-refractivity contribution >= 4 is 40.3 Å². The molecule has 6 nitrogen and oxygen atoms in total. The molecule has 0 saturated heterocycles. The van der Waals surface area contributed by atoms with Crippen LogP contribution in [0.1, 0.15) is 24.2 Å². The van der Waals surface area contributed by atoms with E-state index in [2.05, 4.69) is 5.32 Å². The molecule has 0 bridgehead atoms. The number of ether oxygens (including phenoxy) is 1. The van der Waals surface area contributed by atoms with Crippen LogP contribution in [0.25, 0.3) is 0 Å². The molecular weight excluding hydrogens is 387 g/mol. The molecule has 0 aliphatic rings. The number of anilines is 1. The third-order valence-corrected chi connectivity index (χ3v) is 3.50. The maximum atomic E-state index is 12.2. The van der Waals surface area contributed by atoms with E-state index in [9.17, 15) is 14.7 Å². The molecule has 0 saturated carbocycles. The number of carboxylic acids is 1. The van der Waals surface area contributed by atoms with Gasteiger partial charge in [-0.1, -0.05) is 0 Å². The Morgan fingerprint density at radius 1 is 1.38 bits per heavy atom. The van der Waals surface area contributed by atoms with Gasteiger partial charge < -0.3 is 20.1 Å². The van der Waals surface area contributed by atoms with Crippen molar-refractivity contribution in [3.63, 3.8) is 0 Å². The van der Waals surface area contributed by atoms with Crippen LogP contribution in [-0.2, 0) is 4.74 Å². The Kier molecular flexibility index (Phi) is 7.44. The number of carbonyl (C=O) groups excluding carboxylic acids is 1. The number of nitrogens with one attached hydrogen (secondary N) is 1. The van der Waals surface area contributed by atoms with Gasteiger partial charge in [0.05, 0.1) is 17.9 Å². The number of hydrogen-bond donors (Lipinski definition) is 2. The first kappa shape index (κ1) is 17.7. The zero-order chi connectivity index (χ0) is 15.8. The van der Waals surface area contributed by atoms with Crippen LogP contribution in [0.4, 0.5) is 10.5 Å². The van der Waals surface area contributed by atoms with Gasteiger partial charge in [0.1, 0.15) is 0 Å². The van der Waals surface area contributed by atoms with Gasteiger partial charge in [-0.25, -0.2) is 9.59 Å². The third-order valence-electron chi connectivity index (χ3n) is 2.83. The smallest absolute Gasteiger partial charge is 0.337 e. The fourth-order valence-corrected chi connectivity index (χ4v) is 2.21. The van der Waals surface area contributed by atoms with Crippen LogP contribution in [0.3, 0.4) is 0 Å². The van der Waals surface area contributed by atoms with E-state index in [1.54, 1.807) is 17.0 Å². The van der Waals surface area contributed by atoms with Crippen molar-refractivity contribution in [2.24, 2.45) is 0 Å². The van der Waals surface area contributed by atoms with Crippen LogP contribution in [0.5, 0.6) is 0 Å². The largest absolute Gasteiger partial charge is 0.478 e. The first-order valence-electron chi connectivity index (χ1n) is 6.66. The number of halogens is 1. The summed E-state index contributed by atoms with van der Waals surface area (Å²) in [5.41, 5.74) is 0.374. The molecule has 2 amide bonds.